The largest absolute Gasteiger partial charge is 0.495 e. The van der Waals surface area contributed by atoms with Crippen molar-refractivity contribution in [3.05, 3.63) is 51.9 Å². The van der Waals surface area contributed by atoms with Crippen molar-refractivity contribution in [1.29, 1.82) is 0 Å². The van der Waals surface area contributed by atoms with Crippen molar-refractivity contribution in [2.24, 2.45) is 10.9 Å². The minimum atomic E-state index is 0.283. The molecule has 0 aliphatic heterocycles. The van der Waals surface area contributed by atoms with Gasteiger partial charge in [0.2, 0.25) is 0 Å². The summed E-state index contributed by atoms with van der Waals surface area (Å²) in [5, 5.41) is 4.65. The fourth-order valence-electron chi connectivity index (χ4n) is 1.68. The highest BCUT2D eigenvalue weighted by molar-refractivity contribution is 6.45. The van der Waals surface area contributed by atoms with Gasteiger partial charge in [0.1, 0.15) is 17.4 Å². The van der Waals surface area contributed by atoms with Crippen LogP contribution in [0, 0.1) is 0 Å². The third-order valence-corrected chi connectivity index (χ3v) is 3.51. The van der Waals surface area contributed by atoms with Gasteiger partial charge < -0.3 is 19.7 Å². The molecule has 0 saturated carbocycles. The van der Waals surface area contributed by atoms with Crippen molar-refractivity contribution in [3.63, 3.8) is 0 Å². The van der Waals surface area contributed by atoms with Crippen LogP contribution in [-0.2, 0) is 4.84 Å². The fraction of sp³-hybridized carbons (Fsp3) is 0.214. The molecular weight excluding hydrogens is 315 g/mol. The quantitative estimate of drug-likeness (QED) is 0.501. The first-order valence-electron chi connectivity index (χ1n) is 6.15. The van der Waals surface area contributed by atoms with E-state index in [4.69, 9.17) is 42.9 Å². The first kappa shape index (κ1) is 15.7. The number of hydrogen-bond donors (Lipinski definition) is 1. The van der Waals surface area contributed by atoms with Crippen LogP contribution >= 0.6 is 23.2 Å². The zero-order chi connectivity index (χ0) is 15.2. The molecule has 0 bridgehead atoms. The third kappa shape index (κ3) is 3.50. The normalized spacial score (nSPS) is 11.5. The minimum absolute atomic E-state index is 0.283. The van der Waals surface area contributed by atoms with E-state index in [0.717, 1.165) is 0 Å². The minimum Gasteiger partial charge on any atom is -0.495 e. The lowest BCUT2D eigenvalue weighted by molar-refractivity contribution is 0.152. The zero-order valence-corrected chi connectivity index (χ0v) is 12.8. The predicted octanol–water partition coefficient (Wildman–Crippen LogP) is 3.32. The van der Waals surface area contributed by atoms with Gasteiger partial charge in [-0.2, -0.15) is 0 Å². The van der Waals surface area contributed by atoms with Crippen LogP contribution in [0.15, 0.2) is 40.1 Å². The highest BCUT2D eigenvalue weighted by Crippen LogP contribution is 2.35. The van der Waals surface area contributed by atoms with Crippen LogP contribution in [0.3, 0.4) is 0 Å². The molecule has 21 heavy (non-hydrogen) atoms. The van der Waals surface area contributed by atoms with Crippen LogP contribution in [0.4, 0.5) is 0 Å². The van der Waals surface area contributed by atoms with Crippen LogP contribution in [0.25, 0.3) is 0 Å². The van der Waals surface area contributed by atoms with Crippen LogP contribution in [0.5, 0.6) is 5.75 Å². The highest BCUT2D eigenvalue weighted by atomic mass is 35.5. The predicted molar refractivity (Wildman–Crippen MR) is 82.4 cm³/mol. The first-order valence-corrected chi connectivity index (χ1v) is 6.91. The van der Waals surface area contributed by atoms with Gasteiger partial charge in [-0.25, -0.2) is 0 Å². The summed E-state index contributed by atoms with van der Waals surface area (Å²) in [4.78, 5) is 5.14. The molecule has 112 valence electrons. The number of benzene rings is 1. The monoisotopic (exact) mass is 328 g/mol. The Bertz CT molecular complexity index is 627. The topological polar surface area (TPSA) is 70.0 Å². The van der Waals surface area contributed by atoms with Gasteiger partial charge in [-0.1, -0.05) is 28.4 Å². The molecule has 2 aromatic rings. The van der Waals surface area contributed by atoms with E-state index in [1.807, 2.05) is 0 Å². The Morgan fingerprint density at radius 2 is 2.10 bits per heavy atom. The second kappa shape index (κ2) is 7.36. The molecule has 0 saturated heterocycles. The van der Waals surface area contributed by atoms with Crippen molar-refractivity contribution in [3.8, 4) is 5.75 Å². The Morgan fingerprint density at radius 1 is 1.29 bits per heavy atom. The molecule has 0 aliphatic carbocycles. The number of hydrogen-bond acceptors (Lipinski definition) is 5. The summed E-state index contributed by atoms with van der Waals surface area (Å²) < 4.78 is 10.5. The first-order chi connectivity index (χ1) is 10.2. The molecule has 2 N–H and O–H groups in total. The molecule has 1 aromatic carbocycles. The summed E-state index contributed by atoms with van der Waals surface area (Å²) in [7, 11) is 1.52. The number of rotatable bonds is 6. The molecule has 2 rings (SSSR count). The smallest absolute Gasteiger partial charge is 0.156 e. The third-order valence-electron chi connectivity index (χ3n) is 2.64. The Balaban J connectivity index is 2.47. The molecule has 7 heteroatoms. The van der Waals surface area contributed by atoms with Gasteiger partial charge in [-0.3, -0.25) is 0 Å². The summed E-state index contributed by atoms with van der Waals surface area (Å²) in [5.74, 6) is 0.988. The maximum Gasteiger partial charge on any atom is 0.156 e. The van der Waals surface area contributed by atoms with Crippen LogP contribution in [0.2, 0.25) is 10.0 Å². The molecule has 5 nitrogen and oxygen atoms in total. The molecule has 0 fully saturated rings. The number of furan rings is 1. The van der Waals surface area contributed by atoms with E-state index in [1.54, 1.807) is 24.3 Å². The van der Waals surface area contributed by atoms with E-state index in [0.29, 0.717) is 39.4 Å². The van der Waals surface area contributed by atoms with E-state index < -0.39 is 0 Å². The van der Waals surface area contributed by atoms with Crippen LogP contribution < -0.4 is 10.5 Å². The zero-order valence-electron chi connectivity index (χ0n) is 11.3. The average Bonchev–Trinajstić information content (AvgIpc) is 3.01. The Kier molecular flexibility index (Phi) is 5.50. The molecular formula is C14H14Cl2N2O3. The van der Waals surface area contributed by atoms with Crippen molar-refractivity contribution in [2.75, 3.05) is 20.3 Å². The van der Waals surface area contributed by atoms with E-state index in [1.165, 1.54) is 13.4 Å². The Labute approximate surface area is 132 Å². The number of nitrogens with two attached hydrogens (primary N) is 1. The lowest BCUT2D eigenvalue weighted by Crippen LogP contribution is -2.09. The van der Waals surface area contributed by atoms with Gasteiger partial charge in [0.05, 0.1) is 18.4 Å². The molecule has 0 amide bonds. The van der Waals surface area contributed by atoms with Crippen LogP contribution in [0.1, 0.15) is 11.3 Å². The number of halogens is 2. The summed E-state index contributed by atoms with van der Waals surface area (Å²) in [5.41, 5.74) is 6.39. The maximum atomic E-state index is 6.29. The lowest BCUT2D eigenvalue weighted by atomic mass is 10.1. The summed E-state index contributed by atoms with van der Waals surface area (Å²) in [6.45, 7) is 0.637. The molecule has 0 aliphatic rings. The average molecular weight is 329 g/mol. The van der Waals surface area contributed by atoms with Gasteiger partial charge in [-0.15, -0.1) is 0 Å². The van der Waals surface area contributed by atoms with Gasteiger partial charge in [0.15, 0.2) is 11.5 Å². The van der Waals surface area contributed by atoms with E-state index in [-0.39, 0.29) is 6.61 Å². The SMILES string of the molecule is COc1ccc(C(=NOCCN)c2ccco2)c(Cl)c1Cl. The van der Waals surface area contributed by atoms with Gasteiger partial charge >= 0.3 is 0 Å². The lowest BCUT2D eigenvalue weighted by Gasteiger charge is -2.10. The summed E-state index contributed by atoms with van der Waals surface area (Å²) in [6, 6.07) is 6.93. The van der Waals surface area contributed by atoms with Crippen molar-refractivity contribution < 1.29 is 14.0 Å². The van der Waals surface area contributed by atoms with Crippen molar-refractivity contribution in [2.45, 2.75) is 0 Å². The second-order valence-electron chi connectivity index (χ2n) is 3.98. The van der Waals surface area contributed by atoms with Crippen molar-refractivity contribution >= 4 is 28.9 Å². The highest BCUT2D eigenvalue weighted by Gasteiger charge is 2.19. The number of oxime groups is 1. The molecule has 1 heterocycles. The second-order valence-corrected chi connectivity index (χ2v) is 4.74. The standard InChI is InChI=1S/C14H14Cl2N2O3/c1-19-10-5-4-9(12(15)13(10)16)14(18-21-8-6-17)11-3-2-7-20-11/h2-5,7H,6,8,17H2,1H3. The van der Waals surface area contributed by atoms with Crippen molar-refractivity contribution in [1.82, 2.24) is 0 Å². The van der Waals surface area contributed by atoms with Gasteiger partial charge in [0.25, 0.3) is 0 Å². The Morgan fingerprint density at radius 3 is 2.71 bits per heavy atom. The number of methoxy groups -OCH3 is 1. The number of ether oxygens (including phenoxy) is 1. The summed E-state index contributed by atoms with van der Waals surface area (Å²) >= 11 is 12.4. The van der Waals surface area contributed by atoms with E-state index in [2.05, 4.69) is 5.16 Å². The van der Waals surface area contributed by atoms with E-state index in [9.17, 15) is 0 Å². The Hall–Kier alpha value is -1.69. The van der Waals surface area contributed by atoms with E-state index >= 15 is 0 Å². The molecule has 0 atom stereocenters. The fourth-order valence-corrected chi connectivity index (χ4v) is 2.16. The molecule has 0 unspecified atom stereocenters. The number of nitrogens with zero attached hydrogens (tertiary/aromatic N) is 1. The van der Waals surface area contributed by atoms with Gasteiger partial charge in [0, 0.05) is 12.1 Å². The molecule has 1 aromatic heterocycles. The maximum absolute atomic E-state index is 6.29. The van der Waals surface area contributed by atoms with Crippen LogP contribution in [-0.4, -0.2) is 26.0 Å². The van der Waals surface area contributed by atoms with Gasteiger partial charge in [-0.05, 0) is 24.3 Å². The summed E-state index contributed by atoms with van der Waals surface area (Å²) in [6.07, 6.45) is 1.53. The molecule has 0 spiro atoms. The molecule has 0 radical (unpaired) electrons.